The highest BCUT2D eigenvalue weighted by molar-refractivity contribution is 8.09. The van der Waals surface area contributed by atoms with Crippen molar-refractivity contribution in [2.45, 2.75) is 62.5 Å². The van der Waals surface area contributed by atoms with Crippen LogP contribution >= 0.6 is 11.8 Å². The molecule has 1 aliphatic heterocycles. The molecule has 14 heteroatoms. The van der Waals surface area contributed by atoms with Gasteiger partial charge in [-0.15, -0.1) is 11.8 Å². The Kier molecular flexibility index (Phi) is 12.8. The topological polar surface area (TPSA) is 155 Å². The van der Waals surface area contributed by atoms with Crippen LogP contribution in [0.15, 0.2) is 84.9 Å². The zero-order valence-electron chi connectivity index (χ0n) is 29.1. The standard InChI is InChI=1S/C37H40N2O11S/c1-23(40)47-22-31(48-24(2)41)32(49-25(3)42)33(50-26(4)43)34-37(51-34,28-15-11-8-12-16-28)35(44)39(29-17-19-30(46-6)20-18-29)36(45)38(5)21-27-13-9-7-10-14-27/h7-20,31-34H,21-22H2,1-6H3/t31-,32-,33+,34+,37-/m1/s1. The van der Waals surface area contributed by atoms with Crippen LogP contribution in [-0.4, -0.2) is 85.0 Å². The first-order valence-corrected chi connectivity index (χ1v) is 16.8. The Morgan fingerprint density at radius 3 is 1.84 bits per heavy atom. The molecule has 3 aromatic rings. The third kappa shape index (κ3) is 9.45. The molecular weight excluding hydrogens is 680 g/mol. The first-order chi connectivity index (χ1) is 24.3. The molecule has 0 spiro atoms. The van der Waals surface area contributed by atoms with Gasteiger partial charge in [0, 0.05) is 41.3 Å². The van der Waals surface area contributed by atoms with Crippen molar-refractivity contribution in [3.63, 3.8) is 0 Å². The van der Waals surface area contributed by atoms with Crippen LogP contribution in [0.25, 0.3) is 0 Å². The molecule has 0 unspecified atom stereocenters. The molecule has 1 aliphatic rings. The number of nitrogens with zero attached hydrogens (tertiary/aromatic N) is 2. The van der Waals surface area contributed by atoms with Crippen LogP contribution < -0.4 is 9.64 Å². The summed E-state index contributed by atoms with van der Waals surface area (Å²) in [6, 6.07) is 23.6. The van der Waals surface area contributed by atoms with Gasteiger partial charge in [-0.05, 0) is 35.4 Å². The fraction of sp³-hybridized carbons (Fsp3) is 0.351. The summed E-state index contributed by atoms with van der Waals surface area (Å²) in [5, 5.41) is -0.996. The second-order valence-electron chi connectivity index (χ2n) is 11.7. The van der Waals surface area contributed by atoms with E-state index in [4.69, 9.17) is 23.7 Å². The van der Waals surface area contributed by atoms with E-state index in [1.807, 2.05) is 30.3 Å². The van der Waals surface area contributed by atoms with Crippen LogP contribution in [0.4, 0.5) is 10.5 Å². The SMILES string of the molecule is COc1ccc(N(C(=O)N(C)Cc2ccccc2)C(=O)[C@]2(c3ccccc3)S[C@H]2[C@@H](OC(C)=O)[C@H](OC(C)=O)[C@@H](COC(C)=O)OC(C)=O)cc1. The van der Waals surface area contributed by atoms with Gasteiger partial charge in [-0.3, -0.25) is 24.0 Å². The number of imide groups is 1. The Hall–Kier alpha value is -5.37. The molecule has 13 nitrogen and oxygen atoms in total. The van der Waals surface area contributed by atoms with Gasteiger partial charge < -0.3 is 28.6 Å². The summed E-state index contributed by atoms with van der Waals surface area (Å²) in [5.41, 5.74) is 1.53. The molecule has 5 atom stereocenters. The number of ether oxygens (including phenoxy) is 5. The van der Waals surface area contributed by atoms with Gasteiger partial charge in [-0.2, -0.15) is 0 Å². The van der Waals surface area contributed by atoms with E-state index >= 15 is 4.79 Å². The summed E-state index contributed by atoms with van der Waals surface area (Å²) in [6.45, 7) is 4.13. The second-order valence-corrected chi connectivity index (χ2v) is 13.1. The lowest BCUT2D eigenvalue weighted by molar-refractivity contribution is -0.189. The van der Waals surface area contributed by atoms with Gasteiger partial charge in [0.05, 0.1) is 18.0 Å². The molecular formula is C37H40N2O11S. The molecule has 0 radical (unpaired) electrons. The molecule has 3 aromatic carbocycles. The summed E-state index contributed by atoms with van der Waals surface area (Å²) < 4.78 is 25.7. The number of hydrogen-bond acceptors (Lipinski definition) is 12. The number of rotatable bonds is 14. The lowest BCUT2D eigenvalue weighted by Crippen LogP contribution is -2.54. The summed E-state index contributed by atoms with van der Waals surface area (Å²) in [7, 11) is 3.06. The van der Waals surface area contributed by atoms with Crippen molar-refractivity contribution in [1.82, 2.24) is 4.90 Å². The predicted octanol–water partition coefficient (Wildman–Crippen LogP) is 4.65. The Bertz CT molecular complexity index is 1720. The third-order valence-electron chi connectivity index (χ3n) is 7.85. The number of urea groups is 1. The Balaban J connectivity index is 1.86. The maximum Gasteiger partial charge on any atom is 0.331 e. The van der Waals surface area contributed by atoms with Crippen molar-refractivity contribution in [2.24, 2.45) is 0 Å². The van der Waals surface area contributed by atoms with Crippen LogP contribution in [-0.2, 0) is 54.2 Å². The monoisotopic (exact) mass is 720 g/mol. The zero-order valence-corrected chi connectivity index (χ0v) is 29.9. The molecule has 1 heterocycles. The van der Waals surface area contributed by atoms with Crippen LogP contribution in [0.5, 0.6) is 5.75 Å². The largest absolute Gasteiger partial charge is 0.497 e. The Labute approximate surface area is 300 Å². The number of hydrogen-bond donors (Lipinski definition) is 0. The fourth-order valence-corrected chi connectivity index (χ4v) is 7.15. The molecule has 1 fully saturated rings. The molecule has 0 aromatic heterocycles. The smallest absolute Gasteiger partial charge is 0.331 e. The molecule has 4 rings (SSSR count). The summed E-state index contributed by atoms with van der Waals surface area (Å²) >= 11 is 1.07. The first-order valence-electron chi connectivity index (χ1n) is 15.9. The van der Waals surface area contributed by atoms with Gasteiger partial charge in [0.2, 0.25) is 0 Å². The van der Waals surface area contributed by atoms with E-state index in [0.717, 1.165) is 49.9 Å². The van der Waals surface area contributed by atoms with E-state index in [1.54, 1.807) is 61.6 Å². The van der Waals surface area contributed by atoms with Gasteiger partial charge in [-0.25, -0.2) is 9.69 Å². The average molecular weight is 721 g/mol. The van der Waals surface area contributed by atoms with E-state index in [-0.39, 0.29) is 12.2 Å². The number of amides is 3. The number of benzene rings is 3. The minimum Gasteiger partial charge on any atom is -0.497 e. The molecule has 270 valence electrons. The van der Waals surface area contributed by atoms with E-state index < -0.39 is 70.7 Å². The third-order valence-corrected chi connectivity index (χ3v) is 9.51. The van der Waals surface area contributed by atoms with Gasteiger partial charge in [-0.1, -0.05) is 60.7 Å². The second kappa shape index (κ2) is 17.0. The van der Waals surface area contributed by atoms with Crippen LogP contribution in [0, 0.1) is 0 Å². The highest BCUT2D eigenvalue weighted by Crippen LogP contribution is 2.65. The predicted molar refractivity (Wildman–Crippen MR) is 187 cm³/mol. The highest BCUT2D eigenvalue weighted by atomic mass is 32.2. The van der Waals surface area contributed by atoms with E-state index in [9.17, 15) is 24.0 Å². The molecule has 0 saturated carbocycles. The van der Waals surface area contributed by atoms with Crippen molar-refractivity contribution >= 4 is 53.3 Å². The van der Waals surface area contributed by atoms with Crippen molar-refractivity contribution in [3.05, 3.63) is 96.1 Å². The lowest BCUT2D eigenvalue weighted by Gasteiger charge is -2.34. The maximum absolute atomic E-state index is 15.2. The van der Waals surface area contributed by atoms with Crippen LogP contribution in [0.1, 0.15) is 38.8 Å². The van der Waals surface area contributed by atoms with Crippen LogP contribution in [0.2, 0.25) is 0 Å². The number of carbonyl (C=O) groups excluding carboxylic acids is 6. The lowest BCUT2D eigenvalue weighted by atomic mass is 9.88. The minimum absolute atomic E-state index is 0.180. The number of methoxy groups -OCH3 is 1. The van der Waals surface area contributed by atoms with Crippen molar-refractivity contribution in [1.29, 1.82) is 0 Å². The van der Waals surface area contributed by atoms with E-state index in [2.05, 4.69) is 0 Å². The Morgan fingerprint density at radius 2 is 1.31 bits per heavy atom. The number of esters is 4. The molecule has 0 aliphatic carbocycles. The van der Waals surface area contributed by atoms with Gasteiger partial charge >= 0.3 is 29.9 Å². The van der Waals surface area contributed by atoms with Crippen molar-refractivity contribution in [3.8, 4) is 5.75 Å². The summed E-state index contributed by atoms with van der Waals surface area (Å²) in [5.74, 6) is -3.30. The molecule has 0 N–H and O–H groups in total. The number of thioether (sulfide) groups is 1. The Morgan fingerprint density at radius 1 is 0.745 bits per heavy atom. The maximum atomic E-state index is 15.2. The molecule has 51 heavy (non-hydrogen) atoms. The zero-order chi connectivity index (χ0) is 37.3. The number of anilines is 1. The average Bonchev–Trinajstić information content (AvgIpc) is 3.85. The van der Waals surface area contributed by atoms with Crippen molar-refractivity contribution < 1.29 is 52.5 Å². The fourth-order valence-electron chi connectivity index (χ4n) is 5.63. The van der Waals surface area contributed by atoms with Gasteiger partial charge in [0.25, 0.3) is 5.91 Å². The first kappa shape index (κ1) is 38.4. The summed E-state index contributed by atoms with van der Waals surface area (Å²) in [4.78, 5) is 81.2. The highest BCUT2D eigenvalue weighted by Gasteiger charge is 2.70. The number of carbonyl (C=O) groups is 6. The van der Waals surface area contributed by atoms with Crippen LogP contribution in [0.3, 0.4) is 0 Å². The summed E-state index contributed by atoms with van der Waals surface area (Å²) in [6.07, 6.45) is -4.40. The quantitative estimate of drug-likeness (QED) is 0.129. The normalized spacial score (nSPS) is 17.8. The molecule has 1 saturated heterocycles. The van der Waals surface area contributed by atoms with Gasteiger partial charge in [0.1, 0.15) is 17.1 Å². The van der Waals surface area contributed by atoms with E-state index in [0.29, 0.717) is 11.3 Å². The van der Waals surface area contributed by atoms with E-state index in [1.165, 1.54) is 12.0 Å². The minimum atomic E-state index is -1.59. The molecule has 0 bridgehead atoms. The molecule has 3 amide bonds. The van der Waals surface area contributed by atoms with Crippen molar-refractivity contribution in [2.75, 3.05) is 25.7 Å². The van der Waals surface area contributed by atoms with Gasteiger partial charge in [0.15, 0.2) is 18.3 Å².